The summed E-state index contributed by atoms with van der Waals surface area (Å²) in [6.07, 6.45) is -2.81. The highest BCUT2D eigenvalue weighted by atomic mass is 35.5. The van der Waals surface area contributed by atoms with Crippen LogP contribution in [0.1, 0.15) is 29.3 Å². The van der Waals surface area contributed by atoms with E-state index in [1.165, 1.54) is 19.1 Å². The Labute approximate surface area is 90.5 Å². The van der Waals surface area contributed by atoms with Gasteiger partial charge in [-0.3, -0.25) is 4.79 Å². The van der Waals surface area contributed by atoms with Gasteiger partial charge < -0.3 is 5.11 Å². The Balaban J connectivity index is 3.31. The van der Waals surface area contributed by atoms with Gasteiger partial charge in [0.2, 0.25) is 0 Å². The summed E-state index contributed by atoms with van der Waals surface area (Å²) in [5.74, 6) is -1.17. The van der Waals surface area contributed by atoms with Crippen molar-refractivity contribution in [2.75, 3.05) is 0 Å². The molecule has 0 heterocycles. The van der Waals surface area contributed by atoms with Crippen molar-refractivity contribution < 1.29 is 18.7 Å². The summed E-state index contributed by atoms with van der Waals surface area (Å²) in [4.78, 5) is 11.5. The van der Waals surface area contributed by atoms with Gasteiger partial charge in [0.05, 0.1) is 10.9 Å². The molecule has 0 aliphatic carbocycles. The number of aromatic hydroxyl groups is 1. The molecule has 0 radical (unpaired) electrons. The minimum absolute atomic E-state index is 0.394. The molecule has 2 nitrogen and oxygen atoms in total. The Morgan fingerprint density at radius 3 is 2.53 bits per heavy atom. The van der Waals surface area contributed by atoms with Crippen LogP contribution < -0.4 is 0 Å². The third-order valence-corrected chi connectivity index (χ3v) is 2.12. The van der Waals surface area contributed by atoms with Gasteiger partial charge in [-0.2, -0.15) is 0 Å². The van der Waals surface area contributed by atoms with Crippen molar-refractivity contribution in [1.82, 2.24) is 0 Å². The molecule has 0 aliphatic heterocycles. The number of benzene rings is 1. The van der Waals surface area contributed by atoms with Crippen molar-refractivity contribution in [3.63, 3.8) is 0 Å². The maximum absolute atomic E-state index is 12.5. The smallest absolute Gasteiger partial charge is 0.264 e. The molecule has 5 heteroatoms. The number of ketones is 1. The molecular weight excluding hydrogens is 226 g/mol. The fraction of sp³-hybridized carbons (Fsp3) is 0.300. The molecule has 0 saturated carbocycles. The van der Waals surface area contributed by atoms with Crippen LogP contribution in [0, 0.1) is 0 Å². The summed E-state index contributed by atoms with van der Waals surface area (Å²) in [6, 6.07) is 3.53. The minimum atomic E-state index is -2.81. The monoisotopic (exact) mass is 234 g/mol. The van der Waals surface area contributed by atoms with Gasteiger partial charge in [0, 0.05) is 5.56 Å². The van der Waals surface area contributed by atoms with Gasteiger partial charge in [-0.15, -0.1) is 11.6 Å². The zero-order valence-corrected chi connectivity index (χ0v) is 8.63. The lowest BCUT2D eigenvalue weighted by molar-refractivity contribution is 0.0974. The Morgan fingerprint density at radius 1 is 1.47 bits per heavy atom. The SMILES string of the molecule is CC(Cl)C(=O)c1c(O)cccc1C(F)F. The maximum atomic E-state index is 12.5. The van der Waals surface area contributed by atoms with E-state index in [1.54, 1.807) is 0 Å². The summed E-state index contributed by atoms with van der Waals surface area (Å²) in [7, 11) is 0. The minimum Gasteiger partial charge on any atom is -0.507 e. The van der Waals surface area contributed by atoms with Crippen LogP contribution in [0.15, 0.2) is 18.2 Å². The van der Waals surface area contributed by atoms with Gasteiger partial charge in [-0.1, -0.05) is 12.1 Å². The first-order valence-corrected chi connectivity index (χ1v) is 4.67. The highest BCUT2D eigenvalue weighted by molar-refractivity contribution is 6.34. The van der Waals surface area contributed by atoms with Gasteiger partial charge in [-0.05, 0) is 13.0 Å². The first kappa shape index (κ1) is 11.9. The molecule has 1 rings (SSSR count). The van der Waals surface area contributed by atoms with Crippen LogP contribution in [-0.4, -0.2) is 16.3 Å². The first-order valence-electron chi connectivity index (χ1n) is 4.23. The van der Waals surface area contributed by atoms with Crippen molar-refractivity contribution in [1.29, 1.82) is 0 Å². The van der Waals surface area contributed by atoms with E-state index in [0.717, 1.165) is 6.07 Å². The molecule has 1 N–H and O–H groups in total. The molecule has 0 bridgehead atoms. The normalized spacial score (nSPS) is 12.9. The van der Waals surface area contributed by atoms with Crippen LogP contribution in [0.4, 0.5) is 8.78 Å². The zero-order valence-electron chi connectivity index (χ0n) is 7.88. The van der Waals surface area contributed by atoms with Crippen molar-refractivity contribution in [2.24, 2.45) is 0 Å². The molecule has 0 aliphatic rings. The van der Waals surface area contributed by atoms with Crippen LogP contribution in [0.25, 0.3) is 0 Å². The number of hydrogen-bond acceptors (Lipinski definition) is 2. The summed E-state index contributed by atoms with van der Waals surface area (Å²) in [6.45, 7) is 1.37. The topological polar surface area (TPSA) is 37.3 Å². The summed E-state index contributed by atoms with van der Waals surface area (Å²) < 4.78 is 25.0. The second kappa shape index (κ2) is 4.57. The largest absolute Gasteiger partial charge is 0.507 e. The third kappa shape index (κ3) is 2.45. The average Bonchev–Trinajstić information content (AvgIpc) is 2.16. The summed E-state index contributed by atoms with van der Waals surface area (Å²) in [5.41, 5.74) is -0.887. The van der Waals surface area contributed by atoms with Gasteiger partial charge in [0.15, 0.2) is 5.78 Å². The Bertz CT molecular complexity index is 378. The van der Waals surface area contributed by atoms with E-state index < -0.39 is 34.5 Å². The van der Waals surface area contributed by atoms with Gasteiger partial charge in [0.25, 0.3) is 6.43 Å². The molecule has 1 aromatic rings. The lowest BCUT2D eigenvalue weighted by Crippen LogP contribution is -2.13. The highest BCUT2D eigenvalue weighted by Crippen LogP contribution is 2.30. The van der Waals surface area contributed by atoms with E-state index in [0.29, 0.717) is 0 Å². The number of Topliss-reactive ketones (excluding diaryl/α,β-unsaturated/α-hetero) is 1. The average molecular weight is 235 g/mol. The number of phenolic OH excluding ortho intramolecular Hbond substituents is 1. The molecule has 0 fully saturated rings. The highest BCUT2D eigenvalue weighted by Gasteiger charge is 2.24. The molecule has 0 saturated heterocycles. The van der Waals surface area contributed by atoms with E-state index in [-0.39, 0.29) is 0 Å². The Kier molecular flexibility index (Phi) is 3.63. The predicted octanol–water partition coefficient (Wildman–Crippen LogP) is 3.14. The standard InChI is InChI=1S/C10H9ClF2O2/c1-5(11)9(15)8-6(10(12)13)3-2-4-7(8)14/h2-5,10,14H,1H3. The van der Waals surface area contributed by atoms with Gasteiger partial charge >= 0.3 is 0 Å². The number of carbonyl (C=O) groups is 1. The van der Waals surface area contributed by atoms with Crippen LogP contribution in [0.3, 0.4) is 0 Å². The number of rotatable bonds is 3. The lowest BCUT2D eigenvalue weighted by Gasteiger charge is -2.10. The zero-order chi connectivity index (χ0) is 11.6. The number of phenols is 1. The molecule has 1 unspecified atom stereocenters. The van der Waals surface area contributed by atoms with E-state index in [4.69, 9.17) is 11.6 Å². The molecule has 1 atom stereocenters. The molecule has 1 aromatic carbocycles. The van der Waals surface area contributed by atoms with Crippen molar-refractivity contribution in [3.8, 4) is 5.75 Å². The number of carbonyl (C=O) groups excluding carboxylic acids is 1. The fourth-order valence-electron chi connectivity index (χ4n) is 1.21. The molecule has 0 aromatic heterocycles. The van der Waals surface area contributed by atoms with Crippen molar-refractivity contribution >= 4 is 17.4 Å². The number of hydrogen-bond donors (Lipinski definition) is 1. The maximum Gasteiger partial charge on any atom is 0.264 e. The van der Waals surface area contributed by atoms with Crippen LogP contribution in [-0.2, 0) is 0 Å². The van der Waals surface area contributed by atoms with E-state index in [9.17, 15) is 18.7 Å². The Hall–Kier alpha value is -1.16. The molecule has 82 valence electrons. The molecular formula is C10H9ClF2O2. The van der Waals surface area contributed by atoms with E-state index in [2.05, 4.69) is 0 Å². The third-order valence-electron chi connectivity index (χ3n) is 1.92. The van der Waals surface area contributed by atoms with E-state index >= 15 is 0 Å². The predicted molar refractivity (Wildman–Crippen MR) is 52.7 cm³/mol. The first-order chi connectivity index (χ1) is 6.95. The second-order valence-corrected chi connectivity index (χ2v) is 3.68. The Morgan fingerprint density at radius 2 is 2.07 bits per heavy atom. The molecule has 0 amide bonds. The van der Waals surface area contributed by atoms with Crippen molar-refractivity contribution in [2.45, 2.75) is 18.7 Å². The lowest BCUT2D eigenvalue weighted by atomic mass is 10.0. The van der Waals surface area contributed by atoms with E-state index in [1.807, 2.05) is 0 Å². The molecule has 15 heavy (non-hydrogen) atoms. The molecule has 0 spiro atoms. The quantitative estimate of drug-likeness (QED) is 0.644. The van der Waals surface area contributed by atoms with Gasteiger partial charge in [-0.25, -0.2) is 8.78 Å². The second-order valence-electron chi connectivity index (χ2n) is 3.02. The summed E-state index contributed by atoms with van der Waals surface area (Å²) in [5, 5.41) is 8.40. The van der Waals surface area contributed by atoms with Crippen LogP contribution in [0.5, 0.6) is 5.75 Å². The van der Waals surface area contributed by atoms with Crippen LogP contribution >= 0.6 is 11.6 Å². The summed E-state index contributed by atoms with van der Waals surface area (Å²) >= 11 is 5.51. The number of alkyl halides is 3. The fourth-order valence-corrected chi connectivity index (χ4v) is 1.32. The van der Waals surface area contributed by atoms with Crippen molar-refractivity contribution in [3.05, 3.63) is 29.3 Å². The van der Waals surface area contributed by atoms with Gasteiger partial charge in [0.1, 0.15) is 5.75 Å². The number of halogens is 3. The van der Waals surface area contributed by atoms with Crippen LogP contribution in [0.2, 0.25) is 0 Å².